The van der Waals surface area contributed by atoms with Crippen molar-refractivity contribution in [2.75, 3.05) is 26.9 Å². The first-order valence-corrected chi connectivity index (χ1v) is 16.2. The molecule has 0 amide bonds. The summed E-state index contributed by atoms with van der Waals surface area (Å²) >= 11 is 0. The number of carbonyl (C=O) groups excluding carboxylic acids is 2. The largest absolute Gasteiger partial charge is 0.508 e. The molecule has 3 heterocycles. The average molecular weight is 727 g/mol. The predicted molar refractivity (Wildman–Crippen MR) is 175 cm³/mol. The summed E-state index contributed by atoms with van der Waals surface area (Å²) in [5.41, 5.74) is -0.631. The molecule has 278 valence electrons. The van der Waals surface area contributed by atoms with Crippen LogP contribution in [0.1, 0.15) is 34.0 Å². The van der Waals surface area contributed by atoms with E-state index in [2.05, 4.69) is 0 Å². The zero-order valence-corrected chi connectivity index (χ0v) is 27.7. The smallest absolute Gasteiger partial charge is 0.330 e. The van der Waals surface area contributed by atoms with Crippen LogP contribution >= 0.6 is 0 Å². The highest BCUT2D eigenvalue weighted by Crippen LogP contribution is 2.38. The summed E-state index contributed by atoms with van der Waals surface area (Å²) < 4.78 is 39.0. The molecule has 0 radical (unpaired) electrons. The molecular formula is C36H38O16. The molecule has 7 N–H and O–H groups in total. The lowest BCUT2D eigenvalue weighted by Gasteiger charge is -2.42. The van der Waals surface area contributed by atoms with E-state index in [4.69, 9.17) is 33.2 Å². The Bertz CT molecular complexity index is 1780. The molecule has 0 aromatic heterocycles. The fraction of sp³-hybridized carbons (Fsp3) is 0.389. The molecule has 0 saturated carbocycles. The second kappa shape index (κ2) is 15.4. The van der Waals surface area contributed by atoms with Crippen molar-refractivity contribution >= 4 is 17.8 Å². The number of hydrogen-bond donors (Lipinski definition) is 7. The summed E-state index contributed by atoms with van der Waals surface area (Å²) in [4.78, 5) is 25.1. The number of phenols is 2. The van der Waals surface area contributed by atoms with Crippen LogP contribution in [0.5, 0.6) is 28.7 Å². The molecule has 3 aliphatic rings. The number of esters is 1. The first kappa shape index (κ1) is 37.0. The van der Waals surface area contributed by atoms with E-state index in [0.717, 1.165) is 6.08 Å². The topological polar surface area (TPSA) is 240 Å². The normalized spacial score (nSPS) is 30.1. The molecule has 2 fully saturated rings. The Hall–Kier alpha value is -4.78. The van der Waals surface area contributed by atoms with Gasteiger partial charge in [0.1, 0.15) is 54.4 Å². The fourth-order valence-electron chi connectivity index (χ4n) is 5.95. The van der Waals surface area contributed by atoms with Crippen molar-refractivity contribution in [1.82, 2.24) is 0 Å². The Morgan fingerprint density at radius 1 is 1.00 bits per heavy atom. The third kappa shape index (κ3) is 7.84. The Morgan fingerprint density at radius 2 is 1.77 bits per heavy atom. The molecular weight excluding hydrogens is 688 g/mol. The van der Waals surface area contributed by atoms with E-state index >= 15 is 0 Å². The highest BCUT2D eigenvalue weighted by atomic mass is 16.8. The summed E-state index contributed by atoms with van der Waals surface area (Å²) in [7, 11) is 1.37. The fourth-order valence-corrected chi connectivity index (χ4v) is 5.95. The molecule has 3 aromatic carbocycles. The minimum atomic E-state index is -2.13. The van der Waals surface area contributed by atoms with Gasteiger partial charge in [-0.2, -0.15) is 0 Å². The molecule has 3 aromatic rings. The van der Waals surface area contributed by atoms with Crippen molar-refractivity contribution in [2.24, 2.45) is 0 Å². The van der Waals surface area contributed by atoms with E-state index in [9.17, 15) is 45.3 Å². The van der Waals surface area contributed by atoms with Gasteiger partial charge in [0, 0.05) is 12.1 Å². The Morgan fingerprint density at radius 3 is 2.50 bits per heavy atom. The Kier molecular flexibility index (Phi) is 11.0. The number of rotatable bonds is 11. The number of Topliss-reactive ketones (excluding diaryl/α,β-unsaturated/α-hetero) is 1. The predicted octanol–water partition coefficient (Wildman–Crippen LogP) is 0.721. The first-order chi connectivity index (χ1) is 24.9. The van der Waals surface area contributed by atoms with Crippen molar-refractivity contribution in [3.05, 3.63) is 83.4 Å². The number of aliphatic hydroxyl groups is 5. The standard InChI is InChI=1S/C36H38O16/c1-46-27-12-18(2-10-23(27)39)3-11-29(41)47-16-36(45)17-48-35(33(36)44)52-32-31(43)30(42)28(15-37)51-34(32)49-21-7-4-19(5-8-21)25-14-24(40)22-9-6-20(38)13-26(22)50-25/h2-13,25,28,30-35,37-39,42-45H,14-17H2,1H3/t25-,28?,30+,31-,32?,33+,34+,35-,36?/m0/s1. The zero-order valence-electron chi connectivity index (χ0n) is 27.7. The quantitative estimate of drug-likeness (QED) is 0.106. The highest BCUT2D eigenvalue weighted by Gasteiger charge is 2.54. The van der Waals surface area contributed by atoms with Gasteiger partial charge in [-0.15, -0.1) is 0 Å². The SMILES string of the molecule is COc1cc(C=CC(=O)OCC2(O)CO[C@@H](OC3[C@H](Oc4ccc([C@@H]5CC(=O)c6ccc(O)cc6O5)cc4)OC(CO)[C@@H](O)[C@@H]3O)[C@H]2O)ccc1O. The number of aromatic hydroxyl groups is 2. The number of hydrogen-bond acceptors (Lipinski definition) is 16. The lowest BCUT2D eigenvalue weighted by atomic mass is 9.96. The molecule has 0 bridgehead atoms. The number of methoxy groups -OCH3 is 1. The van der Waals surface area contributed by atoms with E-state index < -0.39 is 80.6 Å². The van der Waals surface area contributed by atoms with Crippen LogP contribution in [0.2, 0.25) is 0 Å². The molecule has 2 saturated heterocycles. The van der Waals surface area contributed by atoms with Crippen LogP contribution in [0.15, 0.2) is 66.7 Å². The lowest BCUT2D eigenvalue weighted by Crippen LogP contribution is -2.62. The molecule has 16 nitrogen and oxygen atoms in total. The Balaban J connectivity index is 1.09. The molecule has 3 aliphatic heterocycles. The molecule has 3 unspecified atom stereocenters. The van der Waals surface area contributed by atoms with Crippen LogP contribution in [0.25, 0.3) is 6.08 Å². The first-order valence-electron chi connectivity index (χ1n) is 16.2. The summed E-state index contributed by atoms with van der Waals surface area (Å²) in [5, 5.41) is 72.9. The third-order valence-electron chi connectivity index (χ3n) is 8.91. The number of phenolic OH excluding ortho intramolecular Hbond substituents is 2. The van der Waals surface area contributed by atoms with Gasteiger partial charge in [0.2, 0.25) is 6.29 Å². The number of carbonyl (C=O) groups is 2. The van der Waals surface area contributed by atoms with Gasteiger partial charge in [-0.1, -0.05) is 18.2 Å². The monoisotopic (exact) mass is 726 g/mol. The van der Waals surface area contributed by atoms with Crippen LogP contribution in [0.3, 0.4) is 0 Å². The number of aliphatic hydroxyl groups excluding tert-OH is 4. The summed E-state index contributed by atoms with van der Waals surface area (Å²) in [6.07, 6.45) is -9.20. The van der Waals surface area contributed by atoms with Crippen molar-refractivity contribution < 1.29 is 78.5 Å². The number of ketones is 1. The van der Waals surface area contributed by atoms with Gasteiger partial charge < -0.3 is 68.9 Å². The number of fused-ring (bicyclic) bond motifs is 1. The van der Waals surface area contributed by atoms with Crippen molar-refractivity contribution in [3.63, 3.8) is 0 Å². The van der Waals surface area contributed by atoms with Gasteiger partial charge in [0.15, 0.2) is 35.3 Å². The number of benzene rings is 3. The van der Waals surface area contributed by atoms with Crippen LogP contribution < -0.4 is 14.2 Å². The minimum Gasteiger partial charge on any atom is -0.508 e. The van der Waals surface area contributed by atoms with Crippen molar-refractivity contribution in [1.29, 1.82) is 0 Å². The average Bonchev–Trinajstić information content (AvgIpc) is 3.42. The van der Waals surface area contributed by atoms with E-state index in [0.29, 0.717) is 16.7 Å². The van der Waals surface area contributed by atoms with E-state index in [-0.39, 0.29) is 41.0 Å². The maximum atomic E-state index is 12.7. The van der Waals surface area contributed by atoms with Crippen molar-refractivity contribution in [2.45, 2.75) is 61.2 Å². The molecule has 52 heavy (non-hydrogen) atoms. The highest BCUT2D eigenvalue weighted by molar-refractivity contribution is 6.00. The molecule has 6 rings (SSSR count). The van der Waals surface area contributed by atoms with E-state index in [1.54, 1.807) is 12.1 Å². The molecule has 0 spiro atoms. The zero-order chi connectivity index (χ0) is 37.2. The molecule has 0 aliphatic carbocycles. The van der Waals surface area contributed by atoms with Gasteiger partial charge in [-0.05, 0) is 53.6 Å². The maximum Gasteiger partial charge on any atom is 0.330 e. The molecule has 9 atom stereocenters. The van der Waals surface area contributed by atoms with Crippen LogP contribution in [0, 0.1) is 0 Å². The van der Waals surface area contributed by atoms with Gasteiger partial charge in [0.25, 0.3) is 0 Å². The maximum absolute atomic E-state index is 12.7. The van der Waals surface area contributed by atoms with Crippen LogP contribution in [-0.4, -0.2) is 123 Å². The van der Waals surface area contributed by atoms with Gasteiger partial charge in [-0.3, -0.25) is 4.79 Å². The Labute approximate surface area is 296 Å². The van der Waals surface area contributed by atoms with Gasteiger partial charge in [-0.25, -0.2) is 4.79 Å². The summed E-state index contributed by atoms with van der Waals surface area (Å²) in [6, 6.07) is 15.0. The van der Waals surface area contributed by atoms with E-state index in [1.807, 2.05) is 0 Å². The van der Waals surface area contributed by atoms with Gasteiger partial charge >= 0.3 is 5.97 Å². The summed E-state index contributed by atoms with van der Waals surface area (Å²) in [5.74, 6) is -0.512. The van der Waals surface area contributed by atoms with Crippen molar-refractivity contribution in [3.8, 4) is 28.7 Å². The van der Waals surface area contributed by atoms with E-state index in [1.165, 1.54) is 61.7 Å². The lowest BCUT2D eigenvalue weighted by molar-refractivity contribution is -0.318. The summed E-state index contributed by atoms with van der Waals surface area (Å²) in [6.45, 7) is -1.93. The van der Waals surface area contributed by atoms with Gasteiger partial charge in [0.05, 0.1) is 32.3 Å². The van der Waals surface area contributed by atoms with Crippen LogP contribution in [-0.2, 0) is 23.7 Å². The number of ether oxygens (including phenoxy) is 7. The second-order valence-corrected chi connectivity index (χ2v) is 12.5. The minimum absolute atomic E-state index is 0.0464. The van der Waals surface area contributed by atoms with Crippen LogP contribution in [0.4, 0.5) is 0 Å². The third-order valence-corrected chi connectivity index (χ3v) is 8.91. The second-order valence-electron chi connectivity index (χ2n) is 12.5. The molecule has 16 heteroatoms.